The number of aryl methyl sites for hydroxylation is 1. The van der Waals surface area contributed by atoms with E-state index in [1.807, 2.05) is 0 Å². The standard InChI is InChI=1S/C20H30/c1-13(2)18-8-9-19-17-12-14(3)6-7-16(17)15(4)10-11-20(18,19)5/h6-7,12-13,15,18-19H,8-11H2,1-5H3/t15?,18-,19-,20+/m1/s1. The van der Waals surface area contributed by atoms with E-state index in [0.29, 0.717) is 5.41 Å². The van der Waals surface area contributed by atoms with Crippen molar-refractivity contribution in [2.75, 3.05) is 0 Å². The molecule has 0 spiro atoms. The van der Waals surface area contributed by atoms with Gasteiger partial charge in [-0.15, -0.1) is 0 Å². The summed E-state index contributed by atoms with van der Waals surface area (Å²) in [5.74, 6) is 3.27. The first-order chi connectivity index (χ1) is 9.43. The highest BCUT2D eigenvalue weighted by Gasteiger charge is 2.49. The molecule has 0 aromatic heterocycles. The summed E-state index contributed by atoms with van der Waals surface area (Å²) in [6, 6.07) is 7.24. The molecule has 0 bridgehead atoms. The zero-order valence-corrected chi connectivity index (χ0v) is 13.9. The molecule has 0 nitrogen and oxygen atoms in total. The lowest BCUT2D eigenvalue weighted by Gasteiger charge is -2.38. The van der Waals surface area contributed by atoms with E-state index in [2.05, 4.69) is 52.8 Å². The van der Waals surface area contributed by atoms with Crippen LogP contribution in [0.3, 0.4) is 0 Å². The maximum atomic E-state index is 2.60. The summed E-state index contributed by atoms with van der Waals surface area (Å²) in [4.78, 5) is 0. The third-order valence-corrected chi connectivity index (χ3v) is 6.48. The molecule has 3 rings (SSSR count). The average molecular weight is 270 g/mol. The summed E-state index contributed by atoms with van der Waals surface area (Å²) < 4.78 is 0. The molecule has 1 aromatic rings. The molecular weight excluding hydrogens is 240 g/mol. The van der Waals surface area contributed by atoms with Gasteiger partial charge in [0.25, 0.3) is 0 Å². The Morgan fingerprint density at radius 1 is 1.10 bits per heavy atom. The van der Waals surface area contributed by atoms with Crippen LogP contribution in [0, 0.1) is 24.2 Å². The van der Waals surface area contributed by atoms with Crippen molar-refractivity contribution in [3.05, 3.63) is 34.9 Å². The van der Waals surface area contributed by atoms with E-state index in [1.54, 1.807) is 11.1 Å². The van der Waals surface area contributed by atoms with Crippen molar-refractivity contribution in [2.45, 2.75) is 72.1 Å². The highest BCUT2D eigenvalue weighted by Crippen LogP contribution is 2.60. The predicted octanol–water partition coefficient (Wildman–Crippen LogP) is 6.05. The molecular formula is C20H30. The first-order valence-electron chi connectivity index (χ1n) is 8.54. The minimum Gasteiger partial charge on any atom is -0.0625 e. The smallest absolute Gasteiger partial charge is 0.0102 e. The molecule has 1 aromatic carbocycles. The van der Waals surface area contributed by atoms with Crippen LogP contribution in [0.15, 0.2) is 18.2 Å². The van der Waals surface area contributed by atoms with Gasteiger partial charge in [0, 0.05) is 0 Å². The Morgan fingerprint density at radius 3 is 2.55 bits per heavy atom. The van der Waals surface area contributed by atoms with Crippen LogP contribution in [0.25, 0.3) is 0 Å². The van der Waals surface area contributed by atoms with Gasteiger partial charge in [-0.3, -0.25) is 0 Å². The molecule has 1 saturated carbocycles. The van der Waals surface area contributed by atoms with E-state index in [-0.39, 0.29) is 0 Å². The van der Waals surface area contributed by atoms with E-state index in [0.717, 1.165) is 23.7 Å². The van der Waals surface area contributed by atoms with Crippen molar-refractivity contribution in [2.24, 2.45) is 17.3 Å². The maximum absolute atomic E-state index is 2.60. The van der Waals surface area contributed by atoms with Crippen molar-refractivity contribution in [3.8, 4) is 0 Å². The van der Waals surface area contributed by atoms with Crippen molar-refractivity contribution in [1.29, 1.82) is 0 Å². The Morgan fingerprint density at radius 2 is 1.85 bits per heavy atom. The SMILES string of the molecule is Cc1ccc2c(c1)[C@H]1CC[C@H](C(C)C)[C@]1(C)CCC2C. The van der Waals surface area contributed by atoms with E-state index in [1.165, 1.54) is 31.2 Å². The van der Waals surface area contributed by atoms with Gasteiger partial charge in [-0.2, -0.15) is 0 Å². The molecule has 1 fully saturated rings. The lowest BCUT2D eigenvalue weighted by molar-refractivity contribution is 0.139. The van der Waals surface area contributed by atoms with Crippen molar-refractivity contribution >= 4 is 0 Å². The molecule has 2 aliphatic carbocycles. The maximum Gasteiger partial charge on any atom is -0.0102 e. The molecule has 1 unspecified atom stereocenters. The number of benzene rings is 1. The van der Waals surface area contributed by atoms with Crippen LogP contribution in [0.5, 0.6) is 0 Å². The van der Waals surface area contributed by atoms with Gasteiger partial charge in [-0.25, -0.2) is 0 Å². The second-order valence-corrected chi connectivity index (χ2v) is 8.06. The molecule has 0 heterocycles. The van der Waals surface area contributed by atoms with Crippen LogP contribution in [0.1, 0.15) is 81.9 Å². The lowest BCUT2D eigenvalue weighted by Crippen LogP contribution is -2.30. The van der Waals surface area contributed by atoms with Crippen LogP contribution in [0.2, 0.25) is 0 Å². The Hall–Kier alpha value is -0.780. The van der Waals surface area contributed by atoms with E-state index < -0.39 is 0 Å². The van der Waals surface area contributed by atoms with Crippen molar-refractivity contribution < 1.29 is 0 Å². The lowest BCUT2D eigenvalue weighted by atomic mass is 9.66. The van der Waals surface area contributed by atoms with Gasteiger partial charge in [0.1, 0.15) is 0 Å². The number of hydrogen-bond acceptors (Lipinski definition) is 0. The third kappa shape index (κ3) is 2.03. The van der Waals surface area contributed by atoms with E-state index >= 15 is 0 Å². The topological polar surface area (TPSA) is 0 Å². The number of fused-ring (bicyclic) bond motifs is 3. The summed E-state index contributed by atoms with van der Waals surface area (Å²) in [7, 11) is 0. The van der Waals surface area contributed by atoms with Gasteiger partial charge in [0.15, 0.2) is 0 Å². The first kappa shape index (κ1) is 14.2. The van der Waals surface area contributed by atoms with Crippen LogP contribution in [-0.2, 0) is 0 Å². The fourth-order valence-electron chi connectivity index (χ4n) is 5.36. The second kappa shape index (κ2) is 4.90. The predicted molar refractivity (Wildman–Crippen MR) is 87.2 cm³/mol. The average Bonchev–Trinajstić information content (AvgIpc) is 2.69. The summed E-state index contributed by atoms with van der Waals surface area (Å²) >= 11 is 0. The molecule has 0 amide bonds. The Balaban J connectivity index is 2.10. The minimum atomic E-state index is 0.529. The molecule has 0 aliphatic heterocycles. The van der Waals surface area contributed by atoms with Gasteiger partial charge in [0.2, 0.25) is 0 Å². The number of rotatable bonds is 1. The Kier molecular flexibility index (Phi) is 3.47. The molecule has 20 heavy (non-hydrogen) atoms. The summed E-state index contributed by atoms with van der Waals surface area (Å²) in [5.41, 5.74) is 5.31. The summed E-state index contributed by atoms with van der Waals surface area (Å²) in [6.07, 6.45) is 5.62. The highest BCUT2D eigenvalue weighted by atomic mass is 14.5. The highest BCUT2D eigenvalue weighted by molar-refractivity contribution is 5.39. The molecule has 0 saturated heterocycles. The molecule has 0 N–H and O–H groups in total. The zero-order valence-electron chi connectivity index (χ0n) is 13.9. The summed E-state index contributed by atoms with van der Waals surface area (Å²) in [5, 5.41) is 0. The third-order valence-electron chi connectivity index (χ3n) is 6.48. The van der Waals surface area contributed by atoms with Gasteiger partial charge in [-0.05, 0) is 72.8 Å². The minimum absolute atomic E-state index is 0.529. The first-order valence-corrected chi connectivity index (χ1v) is 8.54. The molecule has 0 heteroatoms. The van der Waals surface area contributed by atoms with Crippen LogP contribution in [0.4, 0.5) is 0 Å². The molecule has 110 valence electrons. The fourth-order valence-corrected chi connectivity index (χ4v) is 5.36. The van der Waals surface area contributed by atoms with E-state index in [9.17, 15) is 0 Å². The fraction of sp³-hybridized carbons (Fsp3) is 0.700. The largest absolute Gasteiger partial charge is 0.0625 e. The second-order valence-electron chi connectivity index (χ2n) is 8.06. The number of hydrogen-bond donors (Lipinski definition) is 0. The molecule has 0 radical (unpaired) electrons. The van der Waals surface area contributed by atoms with Crippen molar-refractivity contribution in [3.63, 3.8) is 0 Å². The van der Waals surface area contributed by atoms with Gasteiger partial charge in [-0.1, -0.05) is 51.5 Å². The Bertz CT molecular complexity index is 499. The van der Waals surface area contributed by atoms with Crippen LogP contribution >= 0.6 is 0 Å². The van der Waals surface area contributed by atoms with Gasteiger partial charge in [0.05, 0.1) is 0 Å². The molecule has 4 atom stereocenters. The van der Waals surface area contributed by atoms with E-state index in [4.69, 9.17) is 0 Å². The normalized spacial score (nSPS) is 36.6. The Labute approximate surface area is 125 Å². The van der Waals surface area contributed by atoms with Gasteiger partial charge < -0.3 is 0 Å². The van der Waals surface area contributed by atoms with Crippen molar-refractivity contribution in [1.82, 2.24) is 0 Å². The molecule has 2 aliphatic rings. The quantitative estimate of drug-likeness (QED) is 0.583. The van der Waals surface area contributed by atoms with Gasteiger partial charge >= 0.3 is 0 Å². The summed E-state index contributed by atoms with van der Waals surface area (Å²) in [6.45, 7) is 12.2. The monoisotopic (exact) mass is 270 g/mol. The van der Waals surface area contributed by atoms with Crippen LogP contribution < -0.4 is 0 Å². The van der Waals surface area contributed by atoms with Crippen LogP contribution in [-0.4, -0.2) is 0 Å². The zero-order chi connectivity index (χ0) is 14.5.